The highest BCUT2D eigenvalue weighted by Crippen LogP contribution is 2.23. The number of nitrogens with one attached hydrogen (secondary N) is 1. The molecule has 2 aromatic carbocycles. The molecule has 1 fully saturated rings. The lowest BCUT2D eigenvalue weighted by molar-refractivity contribution is 0.0951. The van der Waals surface area contributed by atoms with Gasteiger partial charge in [0, 0.05) is 12.1 Å². The van der Waals surface area contributed by atoms with Gasteiger partial charge in [-0.3, -0.25) is 4.79 Å². The fourth-order valence-electron chi connectivity index (χ4n) is 2.83. The second-order valence-electron chi connectivity index (χ2n) is 5.93. The minimum atomic E-state index is -0.0814. The Hall–Kier alpha value is -2.47. The Balaban J connectivity index is 1.52. The lowest BCUT2D eigenvalue weighted by Crippen LogP contribution is -2.23. The van der Waals surface area contributed by atoms with Crippen LogP contribution in [0.25, 0.3) is 0 Å². The molecule has 23 heavy (non-hydrogen) atoms. The Morgan fingerprint density at radius 1 is 1.09 bits per heavy atom. The van der Waals surface area contributed by atoms with Crippen LogP contribution in [0.3, 0.4) is 0 Å². The first-order chi connectivity index (χ1) is 11.3. The Morgan fingerprint density at radius 3 is 2.57 bits per heavy atom. The highest BCUT2D eigenvalue weighted by molar-refractivity contribution is 5.94. The highest BCUT2D eigenvalue weighted by Gasteiger charge is 2.15. The first kappa shape index (κ1) is 15.4. The van der Waals surface area contributed by atoms with Crippen molar-refractivity contribution in [2.75, 3.05) is 0 Å². The van der Waals surface area contributed by atoms with Gasteiger partial charge in [-0.25, -0.2) is 0 Å². The van der Waals surface area contributed by atoms with Gasteiger partial charge < -0.3 is 10.1 Å². The summed E-state index contributed by atoms with van der Waals surface area (Å²) in [4.78, 5) is 12.1. The summed E-state index contributed by atoms with van der Waals surface area (Å²) in [5, 5.41) is 2.90. The molecule has 0 atom stereocenters. The van der Waals surface area contributed by atoms with Crippen molar-refractivity contribution < 1.29 is 9.53 Å². The van der Waals surface area contributed by atoms with Crippen LogP contribution >= 0.6 is 0 Å². The molecule has 0 bridgehead atoms. The van der Waals surface area contributed by atoms with Gasteiger partial charge in [-0.1, -0.05) is 18.6 Å². The number of benzene rings is 1. The normalized spacial score (nSPS) is 14.8. The van der Waals surface area contributed by atoms with Gasteiger partial charge >= 0.3 is 0 Å². The molecule has 0 aliphatic heterocycles. The molecule has 2 aromatic rings. The Labute approximate surface area is 137 Å². The summed E-state index contributed by atoms with van der Waals surface area (Å²) in [6, 6.07) is 18.6. The number of rotatable bonds is 5. The van der Waals surface area contributed by atoms with E-state index < -0.39 is 0 Å². The summed E-state index contributed by atoms with van der Waals surface area (Å²) < 4.78 is 5.98. The van der Waals surface area contributed by atoms with Crippen molar-refractivity contribution in [2.45, 2.75) is 44.8 Å². The van der Waals surface area contributed by atoms with Crippen LogP contribution in [0.2, 0.25) is 0 Å². The molecule has 0 unspecified atom stereocenters. The third-order valence-electron chi connectivity index (χ3n) is 4.15. The van der Waals surface area contributed by atoms with Gasteiger partial charge in [-0.2, -0.15) is 0 Å². The molecule has 1 N–H and O–H groups in total. The van der Waals surface area contributed by atoms with Crippen LogP contribution in [-0.4, -0.2) is 12.0 Å². The van der Waals surface area contributed by atoms with Crippen LogP contribution in [0.1, 0.15) is 48.0 Å². The lowest BCUT2D eigenvalue weighted by atomic mass is 9.98. The van der Waals surface area contributed by atoms with Crippen molar-refractivity contribution in [3.05, 3.63) is 65.7 Å². The number of hydrogen-bond donors (Lipinski definition) is 1. The van der Waals surface area contributed by atoms with Gasteiger partial charge in [0.2, 0.25) is 0 Å². The van der Waals surface area contributed by atoms with Crippen molar-refractivity contribution in [1.29, 1.82) is 0 Å². The van der Waals surface area contributed by atoms with Crippen LogP contribution in [0.15, 0.2) is 42.5 Å². The maximum atomic E-state index is 12.1. The van der Waals surface area contributed by atoms with Gasteiger partial charge in [-0.05, 0) is 73.7 Å². The Bertz CT molecular complexity index is 616. The molecule has 0 aromatic heterocycles. The number of carbonyl (C=O) groups excluding carboxylic acids is 1. The summed E-state index contributed by atoms with van der Waals surface area (Å²) >= 11 is 0. The van der Waals surface area contributed by atoms with E-state index in [0.717, 1.165) is 24.2 Å². The van der Waals surface area contributed by atoms with E-state index in [4.69, 9.17) is 4.74 Å². The van der Waals surface area contributed by atoms with Crippen molar-refractivity contribution in [2.24, 2.45) is 0 Å². The van der Waals surface area contributed by atoms with Crippen molar-refractivity contribution in [1.82, 2.24) is 5.32 Å². The number of amides is 1. The molecule has 0 heterocycles. The minimum Gasteiger partial charge on any atom is -0.490 e. The molecule has 1 aliphatic carbocycles. The fraction of sp³-hybridized carbons (Fsp3) is 0.350. The van der Waals surface area contributed by atoms with Crippen molar-refractivity contribution >= 4 is 5.91 Å². The summed E-state index contributed by atoms with van der Waals surface area (Å²) in [5.74, 6) is 0.767. The van der Waals surface area contributed by atoms with E-state index >= 15 is 0 Å². The molecular weight excluding hydrogens is 286 g/mol. The fourth-order valence-corrected chi connectivity index (χ4v) is 2.83. The molecule has 3 rings (SSSR count). The third kappa shape index (κ3) is 4.50. The molecule has 0 spiro atoms. The predicted molar refractivity (Wildman–Crippen MR) is 89.2 cm³/mol. The molecule has 3 heteroatoms. The lowest BCUT2D eigenvalue weighted by Gasteiger charge is -2.23. The topological polar surface area (TPSA) is 38.3 Å². The molecule has 0 radical (unpaired) electrons. The van der Waals surface area contributed by atoms with Gasteiger partial charge in [0.1, 0.15) is 5.75 Å². The maximum absolute atomic E-state index is 12.1. The van der Waals surface area contributed by atoms with E-state index in [-0.39, 0.29) is 5.91 Å². The van der Waals surface area contributed by atoms with Crippen LogP contribution in [0.5, 0.6) is 5.75 Å². The van der Waals surface area contributed by atoms with Gasteiger partial charge in [0.05, 0.1) is 6.10 Å². The molecular formula is C20H21NO2. The van der Waals surface area contributed by atoms with Crippen LogP contribution in [0.4, 0.5) is 0 Å². The van der Waals surface area contributed by atoms with E-state index in [1.807, 2.05) is 36.4 Å². The van der Waals surface area contributed by atoms with Gasteiger partial charge in [0.15, 0.2) is 0 Å². The summed E-state index contributed by atoms with van der Waals surface area (Å²) in [6.07, 6.45) is 6.41. The first-order valence-corrected chi connectivity index (χ1v) is 8.23. The Kier molecular flexibility index (Phi) is 5.16. The van der Waals surface area contributed by atoms with E-state index in [1.54, 1.807) is 6.07 Å². The average molecular weight is 307 g/mol. The molecule has 3 nitrogen and oxygen atoms in total. The van der Waals surface area contributed by atoms with Crippen molar-refractivity contribution in [3.8, 4) is 5.75 Å². The molecule has 1 saturated carbocycles. The maximum Gasteiger partial charge on any atom is 0.251 e. The van der Waals surface area contributed by atoms with E-state index in [9.17, 15) is 4.79 Å². The number of hydrogen-bond acceptors (Lipinski definition) is 2. The smallest absolute Gasteiger partial charge is 0.251 e. The van der Waals surface area contributed by atoms with Gasteiger partial charge in [0.25, 0.3) is 5.91 Å². The molecule has 1 aliphatic rings. The number of ether oxygens (including phenoxy) is 1. The quantitative estimate of drug-likeness (QED) is 0.909. The molecule has 1 amide bonds. The zero-order valence-corrected chi connectivity index (χ0v) is 13.2. The largest absolute Gasteiger partial charge is 0.490 e. The standard InChI is InChI=1S/C20H21NO2/c22-20(21-15-16-7-3-1-4-8-16)17-11-13-19(14-12-17)23-18-9-5-2-6-10-18/h3,7-8,11-14,18H,2,5-6,9-10,15H2,(H,21,22). The summed E-state index contributed by atoms with van der Waals surface area (Å²) in [7, 11) is 0. The second-order valence-corrected chi connectivity index (χ2v) is 5.93. The zero-order chi connectivity index (χ0) is 15.9. The second kappa shape index (κ2) is 7.69. The monoisotopic (exact) mass is 307 g/mol. The summed E-state index contributed by atoms with van der Waals surface area (Å²) in [6.45, 7) is 0.490. The SMILES string of the molecule is O=C(NCc1cc#ccc1)c1ccc(OC2CCCCC2)cc1. The predicted octanol–water partition coefficient (Wildman–Crippen LogP) is 3.93. The zero-order valence-electron chi connectivity index (χ0n) is 13.2. The summed E-state index contributed by atoms with van der Waals surface area (Å²) in [5.41, 5.74) is 1.65. The van der Waals surface area contributed by atoms with Crippen molar-refractivity contribution in [3.63, 3.8) is 0 Å². The van der Waals surface area contributed by atoms with Crippen LogP contribution in [-0.2, 0) is 6.54 Å². The Morgan fingerprint density at radius 2 is 1.87 bits per heavy atom. The van der Waals surface area contributed by atoms with E-state index in [1.165, 1.54) is 19.3 Å². The van der Waals surface area contributed by atoms with E-state index in [2.05, 4.69) is 17.4 Å². The van der Waals surface area contributed by atoms with Crippen LogP contribution in [0, 0.1) is 12.1 Å². The number of carbonyl (C=O) groups is 1. The first-order valence-electron chi connectivity index (χ1n) is 8.23. The molecule has 118 valence electrons. The van der Waals surface area contributed by atoms with Gasteiger partial charge in [-0.15, -0.1) is 0 Å². The van der Waals surface area contributed by atoms with Crippen LogP contribution < -0.4 is 10.1 Å². The third-order valence-corrected chi connectivity index (χ3v) is 4.15. The van der Waals surface area contributed by atoms with E-state index in [0.29, 0.717) is 18.2 Å². The minimum absolute atomic E-state index is 0.0814. The molecule has 0 saturated heterocycles. The average Bonchev–Trinajstić information content (AvgIpc) is 2.62. The highest BCUT2D eigenvalue weighted by atomic mass is 16.5.